The van der Waals surface area contributed by atoms with Crippen LogP contribution in [0.3, 0.4) is 0 Å². The lowest BCUT2D eigenvalue weighted by molar-refractivity contribution is 0.0961. The fraction of sp³-hybridized carbons (Fsp3) is 0.464. The first-order chi connectivity index (χ1) is 17.7. The second kappa shape index (κ2) is 13.2. The fourth-order valence-electron chi connectivity index (χ4n) is 4.03. The van der Waals surface area contributed by atoms with Gasteiger partial charge in [0.2, 0.25) is 6.29 Å². The van der Waals surface area contributed by atoms with Crippen LogP contribution in [0.2, 0.25) is 0 Å². The molecule has 0 radical (unpaired) electrons. The first-order valence-corrected chi connectivity index (χ1v) is 12.6. The second-order valence-corrected chi connectivity index (χ2v) is 9.86. The number of hydrogen-bond acceptors (Lipinski definition) is 7. The van der Waals surface area contributed by atoms with Crippen molar-refractivity contribution in [1.82, 2.24) is 5.32 Å². The minimum atomic E-state index is -0.566. The molecule has 1 heterocycles. The molecule has 0 bridgehead atoms. The summed E-state index contributed by atoms with van der Waals surface area (Å²) in [6, 6.07) is 11.1. The molecule has 2 aromatic carbocycles. The number of halogens is 1. The lowest BCUT2D eigenvalue weighted by Crippen LogP contribution is -2.31. The summed E-state index contributed by atoms with van der Waals surface area (Å²) in [5.74, 6) is 0.238. The third-order valence-electron chi connectivity index (χ3n) is 5.70. The third kappa shape index (κ3) is 8.01. The quantitative estimate of drug-likeness (QED) is 0.430. The zero-order valence-electron chi connectivity index (χ0n) is 22.5. The van der Waals surface area contributed by atoms with Gasteiger partial charge in [0.25, 0.3) is 5.91 Å². The molecule has 200 valence electrons. The van der Waals surface area contributed by atoms with Crippen molar-refractivity contribution in [2.75, 3.05) is 37.5 Å². The number of methoxy groups -OCH3 is 1. The average molecular weight is 512 g/mol. The van der Waals surface area contributed by atoms with E-state index in [4.69, 9.17) is 9.47 Å². The number of nitrogens with one attached hydrogen (secondary N) is 2. The van der Waals surface area contributed by atoms with Crippen LogP contribution in [0.4, 0.5) is 15.8 Å². The molecule has 1 aliphatic heterocycles. The van der Waals surface area contributed by atoms with Crippen molar-refractivity contribution in [3.05, 3.63) is 53.3 Å². The molecule has 8 nitrogen and oxygen atoms in total. The van der Waals surface area contributed by atoms with E-state index in [2.05, 4.69) is 65.3 Å². The summed E-state index contributed by atoms with van der Waals surface area (Å²) in [5.41, 5.74) is 2.61. The highest BCUT2D eigenvalue weighted by atomic mass is 19.1. The van der Waals surface area contributed by atoms with Gasteiger partial charge in [0.15, 0.2) is 11.6 Å². The van der Waals surface area contributed by atoms with Crippen LogP contribution >= 0.6 is 0 Å². The summed E-state index contributed by atoms with van der Waals surface area (Å²) in [6.07, 6.45) is 2.27. The van der Waals surface area contributed by atoms with Crippen LogP contribution in [0.1, 0.15) is 43.6 Å². The number of hydrogen-bond donors (Lipinski definition) is 2. The Bertz CT molecular complexity index is 1080. The lowest BCUT2D eigenvalue weighted by atomic mass is 10.1. The highest BCUT2D eigenvalue weighted by molar-refractivity contribution is 5.94. The standard InChI is InChI=1S/C28H38FN5O3/c1-18(2)15-34(16-19(3)4)23-9-7-22(8-10-23)33-28-31-13-24(14-32-28)37-17-21-11-20(27(35)30-5)12-25(36-6)26(21)29/h7-14,18-19,24,28,33H,15-17H2,1-6H3,(H,30,35). The van der Waals surface area contributed by atoms with E-state index in [1.54, 1.807) is 12.4 Å². The number of benzene rings is 2. The molecule has 0 saturated carbocycles. The lowest BCUT2D eigenvalue weighted by Gasteiger charge is -2.28. The van der Waals surface area contributed by atoms with Crippen LogP contribution in [0.5, 0.6) is 5.75 Å². The van der Waals surface area contributed by atoms with Gasteiger partial charge < -0.3 is 25.0 Å². The zero-order valence-corrected chi connectivity index (χ0v) is 22.5. The molecule has 3 rings (SSSR count). The average Bonchev–Trinajstić information content (AvgIpc) is 2.88. The van der Waals surface area contributed by atoms with Crippen LogP contribution in [-0.2, 0) is 11.3 Å². The first kappa shape index (κ1) is 28.1. The number of anilines is 2. The highest BCUT2D eigenvalue weighted by Crippen LogP contribution is 2.25. The van der Waals surface area contributed by atoms with Gasteiger partial charge in [-0.05, 0) is 48.2 Å². The summed E-state index contributed by atoms with van der Waals surface area (Å²) < 4.78 is 25.5. The summed E-state index contributed by atoms with van der Waals surface area (Å²) in [7, 11) is 2.86. The van der Waals surface area contributed by atoms with Gasteiger partial charge in [0.1, 0.15) is 6.10 Å². The Kier molecular flexibility index (Phi) is 10.0. The molecule has 9 heteroatoms. The van der Waals surface area contributed by atoms with Crippen LogP contribution in [0, 0.1) is 17.7 Å². The summed E-state index contributed by atoms with van der Waals surface area (Å²) in [5, 5.41) is 5.81. The van der Waals surface area contributed by atoms with Gasteiger partial charge in [-0.1, -0.05) is 27.7 Å². The van der Waals surface area contributed by atoms with E-state index >= 15 is 0 Å². The van der Waals surface area contributed by atoms with E-state index in [0.717, 1.165) is 18.8 Å². The number of carbonyl (C=O) groups is 1. The van der Waals surface area contributed by atoms with Gasteiger partial charge in [-0.3, -0.25) is 4.79 Å². The molecule has 0 unspecified atom stereocenters. The van der Waals surface area contributed by atoms with E-state index in [-0.39, 0.29) is 29.4 Å². The molecule has 0 atom stereocenters. The van der Waals surface area contributed by atoms with Crippen molar-refractivity contribution < 1.29 is 18.7 Å². The topological polar surface area (TPSA) is 87.5 Å². The molecule has 0 aromatic heterocycles. The van der Waals surface area contributed by atoms with E-state index in [1.807, 2.05) is 12.1 Å². The van der Waals surface area contributed by atoms with Gasteiger partial charge in [-0.25, -0.2) is 14.4 Å². The fourth-order valence-corrected chi connectivity index (χ4v) is 4.03. The number of carbonyl (C=O) groups excluding carboxylic acids is 1. The van der Waals surface area contributed by atoms with Crippen LogP contribution < -0.4 is 20.3 Å². The van der Waals surface area contributed by atoms with Crippen molar-refractivity contribution >= 4 is 29.7 Å². The Balaban J connectivity index is 1.57. The van der Waals surface area contributed by atoms with Crippen molar-refractivity contribution in [3.63, 3.8) is 0 Å². The first-order valence-electron chi connectivity index (χ1n) is 12.6. The molecule has 1 aliphatic rings. The number of rotatable bonds is 12. The predicted octanol–water partition coefficient (Wildman–Crippen LogP) is 4.75. The molecule has 37 heavy (non-hydrogen) atoms. The SMILES string of the molecule is CNC(=O)c1cc(COC2C=NC(Nc3ccc(N(CC(C)C)CC(C)C)cc3)N=C2)c(F)c(OC)c1. The van der Waals surface area contributed by atoms with E-state index in [1.165, 1.54) is 32.0 Å². The van der Waals surface area contributed by atoms with Crippen molar-refractivity contribution in [3.8, 4) is 5.75 Å². The third-order valence-corrected chi connectivity index (χ3v) is 5.70. The van der Waals surface area contributed by atoms with Gasteiger partial charge in [0.05, 0.1) is 13.7 Å². The number of nitrogens with zero attached hydrogens (tertiary/aromatic N) is 3. The number of amides is 1. The van der Waals surface area contributed by atoms with E-state index in [9.17, 15) is 9.18 Å². The predicted molar refractivity (Wildman–Crippen MR) is 148 cm³/mol. The second-order valence-electron chi connectivity index (χ2n) is 9.86. The molecule has 0 spiro atoms. The molecule has 2 N–H and O–H groups in total. The maximum Gasteiger partial charge on any atom is 0.251 e. The molecular formula is C28H38FN5O3. The van der Waals surface area contributed by atoms with Gasteiger partial charge in [-0.2, -0.15) is 0 Å². The largest absolute Gasteiger partial charge is 0.494 e. The number of ether oxygens (including phenoxy) is 2. The van der Waals surface area contributed by atoms with E-state index < -0.39 is 18.2 Å². The van der Waals surface area contributed by atoms with Crippen molar-refractivity contribution in [2.24, 2.45) is 21.8 Å². The molecule has 0 saturated heterocycles. The van der Waals surface area contributed by atoms with Gasteiger partial charge in [-0.15, -0.1) is 0 Å². The summed E-state index contributed by atoms with van der Waals surface area (Å²) in [6.45, 7) is 10.9. The van der Waals surface area contributed by atoms with E-state index in [0.29, 0.717) is 11.8 Å². The Morgan fingerprint density at radius 3 is 2.22 bits per heavy atom. The van der Waals surface area contributed by atoms with Crippen LogP contribution in [0.25, 0.3) is 0 Å². The highest BCUT2D eigenvalue weighted by Gasteiger charge is 2.18. The molecule has 0 fully saturated rings. The Hall–Kier alpha value is -3.46. The summed E-state index contributed by atoms with van der Waals surface area (Å²) in [4.78, 5) is 23.2. The Labute approximate surface area is 219 Å². The van der Waals surface area contributed by atoms with Gasteiger partial charge in [0, 0.05) is 55.1 Å². The van der Waals surface area contributed by atoms with Crippen molar-refractivity contribution in [2.45, 2.75) is 46.7 Å². The normalized spacial score (nSPS) is 16.8. The van der Waals surface area contributed by atoms with Crippen molar-refractivity contribution in [1.29, 1.82) is 0 Å². The smallest absolute Gasteiger partial charge is 0.251 e. The summed E-state index contributed by atoms with van der Waals surface area (Å²) >= 11 is 0. The minimum absolute atomic E-state index is 0.0162. The van der Waals surface area contributed by atoms with Gasteiger partial charge >= 0.3 is 0 Å². The monoisotopic (exact) mass is 511 g/mol. The molecular weight excluding hydrogens is 473 g/mol. The molecule has 2 aromatic rings. The maximum atomic E-state index is 14.7. The minimum Gasteiger partial charge on any atom is -0.494 e. The molecule has 1 amide bonds. The molecule has 0 aliphatic carbocycles. The number of aliphatic imine (C=N–C) groups is 2. The zero-order chi connectivity index (χ0) is 26.9. The van der Waals surface area contributed by atoms with Crippen LogP contribution in [-0.4, -0.2) is 58.0 Å². The maximum absolute atomic E-state index is 14.7. The Morgan fingerprint density at radius 2 is 1.68 bits per heavy atom. The Morgan fingerprint density at radius 1 is 1.05 bits per heavy atom. The van der Waals surface area contributed by atoms with Crippen LogP contribution in [0.15, 0.2) is 46.4 Å².